The molecule has 6 rings (SSSR count). The zero-order valence-corrected chi connectivity index (χ0v) is 29.7. The Labute approximate surface area is 278 Å². The van der Waals surface area contributed by atoms with Crippen LogP contribution in [0.25, 0.3) is 0 Å². The molecule has 1 aromatic carbocycles. The molecule has 5 aliphatic rings. The van der Waals surface area contributed by atoms with Gasteiger partial charge in [0.05, 0.1) is 5.41 Å². The molecule has 9 heteroatoms. The van der Waals surface area contributed by atoms with Crippen molar-refractivity contribution in [3.05, 3.63) is 59.4 Å². The topological polar surface area (TPSA) is 69.7 Å². The third kappa shape index (κ3) is 4.97. The van der Waals surface area contributed by atoms with Crippen molar-refractivity contribution in [2.45, 2.75) is 112 Å². The number of benzene rings is 1. The summed E-state index contributed by atoms with van der Waals surface area (Å²) < 4.78 is 75.0. The maximum atomic E-state index is 14.2. The van der Waals surface area contributed by atoms with Crippen molar-refractivity contribution in [2.75, 3.05) is 0 Å². The van der Waals surface area contributed by atoms with Gasteiger partial charge in [-0.3, -0.25) is 4.79 Å². The van der Waals surface area contributed by atoms with E-state index in [2.05, 4.69) is 40.7 Å². The quantitative estimate of drug-likeness (QED) is 0.134. The number of ether oxygens (including phenoxy) is 1. The van der Waals surface area contributed by atoms with Gasteiger partial charge in [-0.25, -0.2) is 0 Å². The van der Waals surface area contributed by atoms with Crippen molar-refractivity contribution in [1.29, 1.82) is 0 Å². The van der Waals surface area contributed by atoms with Crippen molar-refractivity contribution in [2.24, 2.45) is 56.7 Å². The second-order valence-electron chi connectivity index (χ2n) is 16.8. The summed E-state index contributed by atoms with van der Waals surface area (Å²) in [6.45, 7) is 15.7. The Hall–Kier alpha value is -2.29. The summed E-state index contributed by atoms with van der Waals surface area (Å²) in [5.41, 5.74) is -5.07. The number of carbonyl (C=O) groups excluding carboxylic acids is 1. The number of fused-ring (bicyclic) bond motifs is 7. The van der Waals surface area contributed by atoms with Gasteiger partial charge >= 0.3 is 21.6 Å². The molecule has 0 amide bonds. The van der Waals surface area contributed by atoms with E-state index in [-0.39, 0.29) is 52.3 Å². The number of hydrogen-bond acceptors (Lipinski definition) is 5. The Balaban J connectivity index is 1.35. The molecular weight excluding hydrogens is 625 g/mol. The monoisotopic (exact) mass is 676 g/mol. The molecule has 260 valence electrons. The van der Waals surface area contributed by atoms with E-state index in [0.29, 0.717) is 18.3 Å². The van der Waals surface area contributed by atoms with E-state index < -0.39 is 26.5 Å². The highest BCUT2D eigenvalue weighted by Gasteiger charge is 2.69. The first-order valence-corrected chi connectivity index (χ1v) is 18.8. The van der Waals surface area contributed by atoms with Crippen molar-refractivity contribution in [1.82, 2.24) is 0 Å². The van der Waals surface area contributed by atoms with Gasteiger partial charge in [0.25, 0.3) is 0 Å². The normalized spacial score (nSPS) is 41.2. The lowest BCUT2D eigenvalue weighted by Gasteiger charge is -2.70. The second-order valence-corrected chi connectivity index (χ2v) is 18.4. The highest BCUT2D eigenvalue weighted by molar-refractivity contribution is 7.87. The molecule has 1 aromatic rings. The minimum absolute atomic E-state index is 0.0562. The Morgan fingerprint density at radius 2 is 1.60 bits per heavy atom. The molecule has 0 bridgehead atoms. The summed E-state index contributed by atoms with van der Waals surface area (Å²) in [6, 6.07) is 9.85. The van der Waals surface area contributed by atoms with Crippen LogP contribution >= 0.6 is 0 Å². The molecule has 9 unspecified atom stereocenters. The fraction of sp³-hybridized carbons (Fsp3) is 0.711. The zero-order chi connectivity index (χ0) is 34.4. The Kier molecular flexibility index (Phi) is 8.17. The number of hydrogen-bond donors (Lipinski definition) is 0. The molecular formula is C38H51F3O5S. The minimum Gasteiger partial charge on any atom is -0.460 e. The largest absolute Gasteiger partial charge is 0.534 e. The number of alkyl halides is 3. The van der Waals surface area contributed by atoms with E-state index in [1.165, 1.54) is 5.57 Å². The number of rotatable bonds is 5. The van der Waals surface area contributed by atoms with Crippen LogP contribution in [0, 0.1) is 56.7 Å². The van der Waals surface area contributed by atoms with Crippen LogP contribution in [0.4, 0.5) is 13.2 Å². The number of carbonyl (C=O) groups is 1. The van der Waals surface area contributed by atoms with Crippen molar-refractivity contribution in [3.63, 3.8) is 0 Å². The van der Waals surface area contributed by atoms with Gasteiger partial charge in [0.2, 0.25) is 0 Å². The molecule has 5 nitrogen and oxygen atoms in total. The molecule has 3 saturated carbocycles. The summed E-state index contributed by atoms with van der Waals surface area (Å²) in [4.78, 5) is 14.2. The van der Waals surface area contributed by atoms with Crippen LogP contribution in [0.1, 0.15) is 105 Å². The molecule has 9 atom stereocenters. The van der Waals surface area contributed by atoms with E-state index in [1.807, 2.05) is 44.2 Å². The van der Waals surface area contributed by atoms with Crippen LogP contribution in [0.3, 0.4) is 0 Å². The minimum atomic E-state index is -5.76. The molecule has 0 heterocycles. The first-order chi connectivity index (χ1) is 21.7. The lowest BCUT2D eigenvalue weighted by atomic mass is 9.34. The fourth-order valence-electron chi connectivity index (χ4n) is 11.6. The lowest BCUT2D eigenvalue weighted by Crippen LogP contribution is -2.64. The smallest absolute Gasteiger partial charge is 0.460 e. The molecule has 0 radical (unpaired) electrons. The molecule has 47 heavy (non-hydrogen) atoms. The standard InChI is InChI=1S/C38H51F3O5S/c1-24-15-20-37(32(42)45-23-26-11-9-8-10-12-26)22-21-35(6)27(31(37)25(24)2)13-14-29-34(5)18-17-30(46-47(43,44)38(39,40)41)33(3,4)28(34)16-19-36(29,35)7/h8-13,17,24-25,28-29,31H,14-16,18-23H2,1-7H3. The van der Waals surface area contributed by atoms with Crippen LogP contribution in [-0.2, 0) is 30.4 Å². The summed E-state index contributed by atoms with van der Waals surface area (Å²) in [5, 5.41) is 0. The third-order valence-electron chi connectivity index (χ3n) is 14.6. The van der Waals surface area contributed by atoms with Crippen LogP contribution < -0.4 is 0 Å². The maximum absolute atomic E-state index is 14.2. The molecule has 0 aliphatic heterocycles. The first-order valence-electron chi connectivity index (χ1n) is 17.4. The van der Waals surface area contributed by atoms with E-state index in [9.17, 15) is 26.4 Å². The summed E-state index contributed by atoms with van der Waals surface area (Å²) in [7, 11) is -5.76. The summed E-state index contributed by atoms with van der Waals surface area (Å²) in [5.74, 6) is 0.890. The SMILES string of the molecule is CC1CCC2(C(=O)OCc3ccccc3)CCC3(C)C(=CCC4C5(C)CC=C(OS(=O)(=O)C(F)(F)F)C(C)(C)C5CCC43C)C2C1C. The first kappa shape index (κ1) is 34.6. The number of esters is 1. The molecule has 0 aromatic heterocycles. The summed E-state index contributed by atoms with van der Waals surface area (Å²) in [6.07, 6.45) is 10.4. The Morgan fingerprint density at radius 3 is 2.26 bits per heavy atom. The predicted molar refractivity (Wildman–Crippen MR) is 175 cm³/mol. The Bertz CT molecular complexity index is 1580. The van der Waals surface area contributed by atoms with Gasteiger partial charge in [0, 0.05) is 5.41 Å². The molecule has 3 fully saturated rings. The van der Waals surface area contributed by atoms with Crippen LogP contribution in [0.5, 0.6) is 0 Å². The zero-order valence-electron chi connectivity index (χ0n) is 28.9. The van der Waals surface area contributed by atoms with Crippen molar-refractivity contribution < 1.29 is 35.3 Å². The van der Waals surface area contributed by atoms with Gasteiger partial charge in [0.1, 0.15) is 12.4 Å². The van der Waals surface area contributed by atoms with Gasteiger partial charge in [0.15, 0.2) is 0 Å². The summed E-state index contributed by atoms with van der Waals surface area (Å²) >= 11 is 0. The van der Waals surface area contributed by atoms with Crippen LogP contribution in [0.2, 0.25) is 0 Å². The van der Waals surface area contributed by atoms with E-state index in [1.54, 1.807) is 6.08 Å². The third-order valence-corrected chi connectivity index (χ3v) is 15.6. The van der Waals surface area contributed by atoms with Crippen LogP contribution in [0.15, 0.2) is 53.8 Å². The molecule has 0 spiro atoms. The molecule has 5 aliphatic carbocycles. The average molecular weight is 677 g/mol. The van der Waals surface area contributed by atoms with Gasteiger partial charge in [-0.1, -0.05) is 90.4 Å². The van der Waals surface area contributed by atoms with Crippen LogP contribution in [-0.4, -0.2) is 19.9 Å². The van der Waals surface area contributed by atoms with E-state index in [0.717, 1.165) is 50.5 Å². The van der Waals surface area contributed by atoms with Gasteiger partial charge in [-0.2, -0.15) is 21.6 Å². The van der Waals surface area contributed by atoms with Crippen molar-refractivity contribution >= 4 is 16.1 Å². The predicted octanol–water partition coefficient (Wildman–Crippen LogP) is 9.75. The maximum Gasteiger partial charge on any atom is 0.534 e. The number of halogens is 3. The Morgan fingerprint density at radius 1 is 0.915 bits per heavy atom. The van der Waals surface area contributed by atoms with Gasteiger partial charge in [-0.05, 0) is 109 Å². The van der Waals surface area contributed by atoms with Gasteiger partial charge < -0.3 is 8.92 Å². The highest BCUT2D eigenvalue weighted by atomic mass is 32.2. The molecule has 0 saturated heterocycles. The number of allylic oxidation sites excluding steroid dienone is 4. The highest BCUT2D eigenvalue weighted by Crippen LogP contribution is 2.76. The van der Waals surface area contributed by atoms with E-state index >= 15 is 0 Å². The molecule has 0 N–H and O–H groups in total. The fourth-order valence-corrected chi connectivity index (χ4v) is 12.2. The van der Waals surface area contributed by atoms with E-state index in [4.69, 9.17) is 8.92 Å². The van der Waals surface area contributed by atoms with Crippen molar-refractivity contribution in [3.8, 4) is 0 Å². The second kappa shape index (κ2) is 11.1. The lowest BCUT2D eigenvalue weighted by molar-refractivity contribution is -0.186. The van der Waals surface area contributed by atoms with Gasteiger partial charge in [-0.15, -0.1) is 0 Å². The average Bonchev–Trinajstić information content (AvgIpc) is 2.99.